The number of nitrogens with zero attached hydrogens (tertiary/aromatic N) is 2. The minimum Gasteiger partial charge on any atom is -0.379 e. The minimum atomic E-state index is -1.11. The molecule has 30 heavy (non-hydrogen) atoms. The Labute approximate surface area is 179 Å². The van der Waals surface area contributed by atoms with Crippen LogP contribution in [0.15, 0.2) is 85.2 Å². The lowest BCUT2D eigenvalue weighted by Crippen LogP contribution is -2.33. The van der Waals surface area contributed by atoms with Crippen molar-refractivity contribution in [2.75, 3.05) is 13.1 Å². The van der Waals surface area contributed by atoms with Gasteiger partial charge in [0, 0.05) is 24.9 Å². The summed E-state index contributed by atoms with van der Waals surface area (Å²) in [6.45, 7) is 1.76. The summed E-state index contributed by atoms with van der Waals surface area (Å²) in [6, 6.07) is 24.2. The Hall–Kier alpha value is -2.93. The van der Waals surface area contributed by atoms with Crippen molar-refractivity contribution < 1.29 is 5.11 Å². The van der Waals surface area contributed by atoms with E-state index in [9.17, 15) is 5.11 Å². The van der Waals surface area contributed by atoms with Crippen molar-refractivity contribution >= 4 is 0 Å². The van der Waals surface area contributed by atoms with Gasteiger partial charge in [-0.05, 0) is 42.1 Å². The van der Waals surface area contributed by atoms with Crippen LogP contribution in [-0.2, 0) is 5.60 Å². The van der Waals surface area contributed by atoms with E-state index in [4.69, 9.17) is 0 Å². The molecule has 4 rings (SSSR count). The van der Waals surface area contributed by atoms with Crippen LogP contribution in [0.4, 0.5) is 0 Å². The fourth-order valence-corrected chi connectivity index (χ4v) is 4.28. The Morgan fingerprint density at radius 2 is 1.60 bits per heavy atom. The maximum atomic E-state index is 11.6. The molecule has 1 aromatic heterocycles. The first-order valence-corrected chi connectivity index (χ1v) is 10.7. The summed E-state index contributed by atoms with van der Waals surface area (Å²) in [4.78, 5) is 6.74. The average molecular weight is 397 g/mol. The average Bonchev–Trinajstić information content (AvgIpc) is 2.83. The topological polar surface area (TPSA) is 36.4 Å². The number of benzene rings is 2. The largest absolute Gasteiger partial charge is 0.379 e. The lowest BCUT2D eigenvalue weighted by atomic mass is 9.84. The molecule has 1 aliphatic heterocycles. The van der Waals surface area contributed by atoms with Crippen molar-refractivity contribution in [3.63, 3.8) is 0 Å². The van der Waals surface area contributed by atoms with Crippen LogP contribution in [0.25, 0.3) is 0 Å². The van der Waals surface area contributed by atoms with Crippen LogP contribution >= 0.6 is 0 Å². The molecule has 0 amide bonds. The van der Waals surface area contributed by atoms with E-state index in [-0.39, 0.29) is 0 Å². The van der Waals surface area contributed by atoms with Gasteiger partial charge in [-0.1, -0.05) is 85.0 Å². The normalized spacial score (nSPS) is 17.2. The predicted octanol–water partition coefficient (Wildman–Crippen LogP) is 4.94. The summed E-state index contributed by atoms with van der Waals surface area (Å²) in [5.74, 6) is 6.63. The van der Waals surface area contributed by atoms with Crippen LogP contribution in [0, 0.1) is 11.8 Å². The Kier molecular flexibility index (Phi) is 6.59. The summed E-state index contributed by atoms with van der Waals surface area (Å²) in [7, 11) is 0. The first-order chi connectivity index (χ1) is 14.8. The SMILES string of the molecule is OC(CC#CCN1CCCC[C@@H]1c1cccnc1)(c1ccccc1)c1ccccc1. The second kappa shape index (κ2) is 9.71. The van der Waals surface area contributed by atoms with E-state index in [0.29, 0.717) is 19.0 Å². The van der Waals surface area contributed by atoms with Crippen molar-refractivity contribution in [2.45, 2.75) is 37.3 Å². The van der Waals surface area contributed by atoms with Gasteiger partial charge >= 0.3 is 0 Å². The molecule has 3 aromatic rings. The number of pyridine rings is 1. The Bertz CT molecular complexity index is 937. The molecule has 1 aliphatic rings. The summed E-state index contributed by atoms with van der Waals surface area (Å²) in [6.07, 6.45) is 7.75. The molecule has 1 fully saturated rings. The highest BCUT2D eigenvalue weighted by Crippen LogP contribution is 2.33. The third kappa shape index (κ3) is 4.62. The molecule has 1 saturated heterocycles. The molecule has 0 aliphatic carbocycles. The van der Waals surface area contributed by atoms with Crippen LogP contribution in [0.1, 0.15) is 48.4 Å². The minimum absolute atomic E-state index is 0.367. The number of aromatic nitrogens is 1. The first kappa shape index (κ1) is 20.3. The van der Waals surface area contributed by atoms with Crippen molar-refractivity contribution in [2.24, 2.45) is 0 Å². The zero-order valence-electron chi connectivity index (χ0n) is 17.2. The Morgan fingerprint density at radius 1 is 0.900 bits per heavy atom. The molecule has 0 radical (unpaired) electrons. The van der Waals surface area contributed by atoms with Gasteiger partial charge in [-0.3, -0.25) is 9.88 Å². The zero-order valence-corrected chi connectivity index (χ0v) is 17.2. The third-order valence-electron chi connectivity index (χ3n) is 5.94. The number of aliphatic hydroxyl groups is 1. The lowest BCUT2D eigenvalue weighted by Gasteiger charge is -2.34. The van der Waals surface area contributed by atoms with Gasteiger partial charge in [-0.15, -0.1) is 0 Å². The van der Waals surface area contributed by atoms with Gasteiger partial charge < -0.3 is 5.11 Å². The van der Waals surface area contributed by atoms with E-state index in [1.54, 1.807) is 0 Å². The molecular formula is C27H28N2O. The van der Waals surface area contributed by atoms with E-state index in [1.807, 2.05) is 79.1 Å². The molecule has 3 heteroatoms. The van der Waals surface area contributed by atoms with Crippen LogP contribution < -0.4 is 0 Å². The molecular weight excluding hydrogens is 368 g/mol. The first-order valence-electron chi connectivity index (χ1n) is 10.7. The van der Waals surface area contributed by atoms with Gasteiger partial charge in [-0.2, -0.15) is 0 Å². The van der Waals surface area contributed by atoms with E-state index < -0.39 is 5.60 Å². The molecule has 0 bridgehead atoms. The molecule has 2 heterocycles. The van der Waals surface area contributed by atoms with E-state index in [0.717, 1.165) is 24.1 Å². The van der Waals surface area contributed by atoms with Crippen molar-refractivity contribution in [3.05, 3.63) is 102 Å². The smallest absolute Gasteiger partial charge is 0.125 e. The van der Waals surface area contributed by atoms with E-state index in [1.165, 1.54) is 18.4 Å². The molecule has 3 nitrogen and oxygen atoms in total. The Balaban J connectivity index is 1.51. The molecule has 0 unspecified atom stereocenters. The number of hydrogen-bond donors (Lipinski definition) is 1. The molecule has 0 spiro atoms. The number of hydrogen-bond acceptors (Lipinski definition) is 3. The highest BCUT2D eigenvalue weighted by molar-refractivity contribution is 5.37. The number of likely N-dealkylation sites (tertiary alicyclic amines) is 1. The summed E-state index contributed by atoms with van der Waals surface area (Å²) in [5, 5.41) is 11.6. The van der Waals surface area contributed by atoms with Crippen molar-refractivity contribution in [1.82, 2.24) is 9.88 Å². The van der Waals surface area contributed by atoms with Gasteiger partial charge in [0.15, 0.2) is 0 Å². The molecule has 0 saturated carbocycles. The third-order valence-corrected chi connectivity index (χ3v) is 5.94. The van der Waals surface area contributed by atoms with Gasteiger partial charge in [0.25, 0.3) is 0 Å². The number of rotatable bonds is 5. The summed E-state index contributed by atoms with van der Waals surface area (Å²) < 4.78 is 0. The van der Waals surface area contributed by atoms with Crippen molar-refractivity contribution in [3.8, 4) is 11.8 Å². The Morgan fingerprint density at radius 3 is 2.23 bits per heavy atom. The zero-order chi connectivity index (χ0) is 20.7. The molecule has 1 N–H and O–H groups in total. The van der Waals surface area contributed by atoms with Gasteiger partial charge in [0.05, 0.1) is 6.54 Å². The monoisotopic (exact) mass is 396 g/mol. The summed E-state index contributed by atoms with van der Waals surface area (Å²) >= 11 is 0. The van der Waals surface area contributed by atoms with Gasteiger partial charge in [0.2, 0.25) is 0 Å². The highest BCUT2D eigenvalue weighted by Gasteiger charge is 2.30. The second-order valence-electron chi connectivity index (χ2n) is 7.89. The van der Waals surface area contributed by atoms with Crippen LogP contribution in [0.3, 0.4) is 0 Å². The predicted molar refractivity (Wildman–Crippen MR) is 121 cm³/mol. The standard InChI is InChI=1S/C27H28N2O/c30-27(24-13-3-1-4-14-24,25-15-5-2-6-16-25)18-8-10-21-29-20-9-7-17-26(29)23-12-11-19-28-22-23/h1-6,11-16,19,22,26,30H,7,9,17-18,20-21H2/t26-/m1/s1. The van der Waals surface area contributed by atoms with Crippen LogP contribution in [0.5, 0.6) is 0 Å². The quantitative estimate of drug-likeness (QED) is 0.621. The molecule has 1 atom stereocenters. The summed E-state index contributed by atoms with van der Waals surface area (Å²) in [5.41, 5.74) is 1.90. The van der Waals surface area contributed by atoms with E-state index >= 15 is 0 Å². The fourth-order valence-electron chi connectivity index (χ4n) is 4.28. The van der Waals surface area contributed by atoms with Crippen LogP contribution in [0.2, 0.25) is 0 Å². The molecule has 2 aromatic carbocycles. The highest BCUT2D eigenvalue weighted by atomic mass is 16.3. The van der Waals surface area contributed by atoms with Crippen molar-refractivity contribution in [1.29, 1.82) is 0 Å². The second-order valence-corrected chi connectivity index (χ2v) is 7.89. The van der Waals surface area contributed by atoms with Gasteiger partial charge in [-0.25, -0.2) is 0 Å². The van der Waals surface area contributed by atoms with Gasteiger partial charge in [0.1, 0.15) is 5.60 Å². The number of piperidine rings is 1. The maximum absolute atomic E-state index is 11.6. The lowest BCUT2D eigenvalue weighted by molar-refractivity contribution is 0.0864. The fraction of sp³-hybridized carbons (Fsp3) is 0.296. The van der Waals surface area contributed by atoms with Crippen LogP contribution in [-0.4, -0.2) is 28.1 Å². The molecule has 152 valence electrons. The maximum Gasteiger partial charge on any atom is 0.125 e. The van der Waals surface area contributed by atoms with E-state index in [2.05, 4.69) is 27.8 Å².